The first-order chi connectivity index (χ1) is 13.4. The maximum Gasteiger partial charge on any atom is 0.248 e. The zero-order valence-electron chi connectivity index (χ0n) is 16.5. The Hall–Kier alpha value is -2.24. The minimum atomic E-state index is -0.353. The Labute approximate surface area is 170 Å². The van der Waals surface area contributed by atoms with Gasteiger partial charge in [-0.25, -0.2) is 4.39 Å². The SMILES string of the molecule is CCN(CC)CCN1C(=O)CN=C(c2ccc(C)cc2F)c2cc(Cl)ccc21. The van der Waals surface area contributed by atoms with Crippen molar-refractivity contribution in [1.29, 1.82) is 0 Å². The van der Waals surface area contributed by atoms with E-state index in [-0.39, 0.29) is 18.3 Å². The number of aryl methyl sites for hydroxylation is 1. The molecule has 0 aliphatic carbocycles. The second-order valence-corrected chi connectivity index (χ2v) is 7.32. The molecule has 0 unspecified atom stereocenters. The summed E-state index contributed by atoms with van der Waals surface area (Å²) in [5.41, 5.74) is 3.08. The molecule has 1 aliphatic rings. The van der Waals surface area contributed by atoms with Gasteiger partial charge in [0.1, 0.15) is 12.4 Å². The Kier molecular flexibility index (Phi) is 6.47. The minimum absolute atomic E-state index is 0.0206. The molecule has 2 aromatic rings. The monoisotopic (exact) mass is 401 g/mol. The summed E-state index contributed by atoms with van der Waals surface area (Å²) in [6, 6.07) is 10.4. The van der Waals surface area contributed by atoms with Crippen molar-refractivity contribution in [2.75, 3.05) is 37.6 Å². The van der Waals surface area contributed by atoms with Crippen LogP contribution in [0.25, 0.3) is 0 Å². The summed E-state index contributed by atoms with van der Waals surface area (Å²) in [6.07, 6.45) is 0. The van der Waals surface area contributed by atoms with Gasteiger partial charge in [-0.2, -0.15) is 0 Å². The van der Waals surface area contributed by atoms with Crippen LogP contribution in [0.4, 0.5) is 10.1 Å². The Morgan fingerprint density at radius 2 is 1.89 bits per heavy atom. The van der Waals surface area contributed by atoms with Crippen LogP contribution in [0.3, 0.4) is 0 Å². The summed E-state index contributed by atoms with van der Waals surface area (Å²) >= 11 is 6.24. The quantitative estimate of drug-likeness (QED) is 0.723. The van der Waals surface area contributed by atoms with Crippen molar-refractivity contribution in [1.82, 2.24) is 4.90 Å². The number of fused-ring (bicyclic) bond motifs is 1. The number of nitrogens with zero attached hydrogens (tertiary/aromatic N) is 3. The number of hydrogen-bond donors (Lipinski definition) is 0. The lowest BCUT2D eigenvalue weighted by molar-refractivity contribution is -0.117. The van der Waals surface area contributed by atoms with Crippen LogP contribution in [0, 0.1) is 12.7 Å². The molecule has 1 aliphatic heterocycles. The van der Waals surface area contributed by atoms with Gasteiger partial charge in [0, 0.05) is 29.2 Å². The lowest BCUT2D eigenvalue weighted by Gasteiger charge is -2.27. The number of benzodiazepines with no additional fused rings is 1. The molecule has 1 heterocycles. The molecular formula is C22H25ClFN3O. The van der Waals surface area contributed by atoms with Gasteiger partial charge in [0.15, 0.2) is 0 Å². The van der Waals surface area contributed by atoms with E-state index in [4.69, 9.17) is 11.6 Å². The molecule has 2 aromatic carbocycles. The highest BCUT2D eigenvalue weighted by atomic mass is 35.5. The number of carbonyl (C=O) groups excluding carboxylic acids is 1. The van der Waals surface area contributed by atoms with Crippen LogP contribution >= 0.6 is 11.6 Å². The molecule has 0 fully saturated rings. The molecule has 0 N–H and O–H groups in total. The van der Waals surface area contributed by atoms with Crippen molar-refractivity contribution < 1.29 is 9.18 Å². The smallest absolute Gasteiger partial charge is 0.248 e. The minimum Gasteiger partial charge on any atom is -0.309 e. The normalized spacial score (nSPS) is 14.1. The third-order valence-corrected chi connectivity index (χ3v) is 5.33. The first-order valence-electron chi connectivity index (χ1n) is 9.58. The fourth-order valence-corrected chi connectivity index (χ4v) is 3.63. The van der Waals surface area contributed by atoms with E-state index in [1.807, 2.05) is 19.1 Å². The Morgan fingerprint density at radius 1 is 1.14 bits per heavy atom. The Morgan fingerprint density at radius 3 is 2.57 bits per heavy atom. The van der Waals surface area contributed by atoms with Gasteiger partial charge in [-0.05, 0) is 55.9 Å². The van der Waals surface area contributed by atoms with E-state index < -0.39 is 0 Å². The summed E-state index contributed by atoms with van der Waals surface area (Å²) in [4.78, 5) is 21.3. The van der Waals surface area contributed by atoms with Gasteiger partial charge in [-0.15, -0.1) is 0 Å². The van der Waals surface area contributed by atoms with E-state index >= 15 is 0 Å². The van der Waals surface area contributed by atoms with Crippen LogP contribution < -0.4 is 4.90 Å². The fraction of sp³-hybridized carbons (Fsp3) is 0.364. The third kappa shape index (κ3) is 4.26. The second-order valence-electron chi connectivity index (χ2n) is 6.88. The summed E-state index contributed by atoms with van der Waals surface area (Å²) in [6.45, 7) is 9.16. The molecular weight excluding hydrogens is 377 g/mol. The summed E-state index contributed by atoms with van der Waals surface area (Å²) in [5.74, 6) is -0.452. The molecule has 1 amide bonds. The number of halogens is 2. The fourth-order valence-electron chi connectivity index (χ4n) is 3.45. The molecule has 0 saturated carbocycles. The van der Waals surface area contributed by atoms with Gasteiger partial charge in [0.25, 0.3) is 0 Å². The number of likely N-dealkylation sites (N-methyl/N-ethyl adjacent to an activating group) is 1. The van der Waals surface area contributed by atoms with Crippen LogP contribution in [0.2, 0.25) is 5.02 Å². The standard InChI is InChI=1S/C22H25ClFN3O/c1-4-26(5-2)10-11-27-20-9-7-16(23)13-18(20)22(25-14-21(27)28)17-8-6-15(3)12-19(17)24/h6-9,12-13H,4-5,10-11,14H2,1-3H3. The highest BCUT2D eigenvalue weighted by Gasteiger charge is 2.26. The van der Waals surface area contributed by atoms with Crippen molar-refractivity contribution in [2.24, 2.45) is 4.99 Å². The van der Waals surface area contributed by atoms with E-state index in [0.29, 0.717) is 28.4 Å². The number of aliphatic imine (C=N–C) groups is 1. The van der Waals surface area contributed by atoms with E-state index in [1.165, 1.54) is 6.07 Å². The molecule has 0 aromatic heterocycles. The topological polar surface area (TPSA) is 35.9 Å². The number of benzene rings is 2. The first kappa shape index (κ1) is 20.5. The summed E-state index contributed by atoms with van der Waals surface area (Å²) in [7, 11) is 0. The van der Waals surface area contributed by atoms with Crippen molar-refractivity contribution in [3.8, 4) is 0 Å². The van der Waals surface area contributed by atoms with Gasteiger partial charge in [0.2, 0.25) is 5.91 Å². The number of hydrogen-bond acceptors (Lipinski definition) is 3. The Bertz CT molecular complexity index is 909. The highest BCUT2D eigenvalue weighted by molar-refractivity contribution is 6.32. The van der Waals surface area contributed by atoms with E-state index in [9.17, 15) is 9.18 Å². The molecule has 0 radical (unpaired) electrons. The Balaban J connectivity index is 2.05. The van der Waals surface area contributed by atoms with Crippen molar-refractivity contribution in [2.45, 2.75) is 20.8 Å². The molecule has 0 bridgehead atoms. The van der Waals surface area contributed by atoms with Gasteiger partial charge >= 0.3 is 0 Å². The van der Waals surface area contributed by atoms with E-state index in [1.54, 1.807) is 23.1 Å². The maximum absolute atomic E-state index is 14.7. The van der Waals surface area contributed by atoms with Crippen LogP contribution in [0.15, 0.2) is 41.4 Å². The molecule has 0 atom stereocenters. The molecule has 3 rings (SSSR count). The predicted molar refractivity (Wildman–Crippen MR) is 113 cm³/mol. The second kappa shape index (κ2) is 8.84. The van der Waals surface area contributed by atoms with Gasteiger partial charge in [-0.3, -0.25) is 9.79 Å². The third-order valence-electron chi connectivity index (χ3n) is 5.09. The van der Waals surface area contributed by atoms with Gasteiger partial charge in [-0.1, -0.05) is 31.5 Å². The van der Waals surface area contributed by atoms with Crippen LogP contribution in [0.5, 0.6) is 0 Å². The highest BCUT2D eigenvalue weighted by Crippen LogP contribution is 2.30. The average Bonchev–Trinajstić information content (AvgIpc) is 2.79. The van der Waals surface area contributed by atoms with Crippen molar-refractivity contribution in [3.63, 3.8) is 0 Å². The molecule has 4 nitrogen and oxygen atoms in total. The zero-order chi connectivity index (χ0) is 20.3. The molecule has 0 saturated heterocycles. The van der Waals surface area contributed by atoms with Crippen molar-refractivity contribution >= 4 is 28.9 Å². The van der Waals surface area contributed by atoms with Crippen LogP contribution in [0.1, 0.15) is 30.5 Å². The lowest BCUT2D eigenvalue weighted by Crippen LogP contribution is -2.39. The number of rotatable bonds is 6. The van der Waals surface area contributed by atoms with E-state index in [0.717, 1.165) is 30.9 Å². The summed E-state index contributed by atoms with van der Waals surface area (Å²) in [5, 5.41) is 0.525. The van der Waals surface area contributed by atoms with Crippen molar-refractivity contribution in [3.05, 3.63) is 63.9 Å². The largest absolute Gasteiger partial charge is 0.309 e. The summed E-state index contributed by atoms with van der Waals surface area (Å²) < 4.78 is 14.7. The maximum atomic E-state index is 14.7. The number of anilines is 1. The predicted octanol–water partition coefficient (Wildman–Crippen LogP) is 4.31. The van der Waals surface area contributed by atoms with Crippen LogP contribution in [-0.4, -0.2) is 49.2 Å². The lowest BCUT2D eigenvalue weighted by atomic mass is 9.98. The average molecular weight is 402 g/mol. The first-order valence-corrected chi connectivity index (χ1v) is 9.96. The number of carbonyl (C=O) groups is 1. The molecule has 148 valence electrons. The number of amides is 1. The van der Waals surface area contributed by atoms with Crippen LogP contribution in [-0.2, 0) is 4.79 Å². The molecule has 28 heavy (non-hydrogen) atoms. The van der Waals surface area contributed by atoms with Gasteiger partial charge in [0.05, 0.1) is 11.4 Å². The molecule has 0 spiro atoms. The zero-order valence-corrected chi connectivity index (χ0v) is 17.3. The van der Waals surface area contributed by atoms with Gasteiger partial charge < -0.3 is 9.80 Å². The van der Waals surface area contributed by atoms with E-state index in [2.05, 4.69) is 23.7 Å². The molecule has 6 heteroatoms.